The van der Waals surface area contributed by atoms with Gasteiger partial charge in [0.05, 0.1) is 5.75 Å². The van der Waals surface area contributed by atoms with Crippen molar-refractivity contribution in [1.29, 1.82) is 0 Å². The predicted molar refractivity (Wildman–Crippen MR) is 53.4 cm³/mol. The van der Waals surface area contributed by atoms with Gasteiger partial charge >= 0.3 is 0 Å². The Morgan fingerprint density at radius 2 is 1.43 bits per heavy atom. The van der Waals surface area contributed by atoms with Crippen LogP contribution >= 0.6 is 0 Å². The molecular weight excluding hydrogens is 300 g/mol. The summed E-state index contributed by atoms with van der Waals surface area (Å²) < 4.78 is 28.9. The normalized spacial score (nSPS) is 10.1. The Hall–Kier alpha value is 0.610. The molecule has 0 bridgehead atoms. The first-order valence-corrected chi connectivity index (χ1v) is 6.12. The van der Waals surface area contributed by atoms with Crippen molar-refractivity contribution in [1.82, 2.24) is 0 Å². The Balaban J connectivity index is -0.000000605. The summed E-state index contributed by atoms with van der Waals surface area (Å²) in [5, 5.41) is 0. The van der Waals surface area contributed by atoms with Gasteiger partial charge in [-0.2, -0.15) is 8.42 Å². The Morgan fingerprint density at radius 3 is 1.86 bits per heavy atom. The molecule has 0 amide bonds. The number of unbranched alkanes of at least 4 members (excludes halogenated alkanes) is 5. The summed E-state index contributed by atoms with van der Waals surface area (Å²) in [5.41, 5.74) is 0. The minimum atomic E-state index is -3.72. The number of hydrogen-bond donors (Lipinski definition) is 1. The standard InChI is InChI=1S/C8H18O3S.Ag.H2O/c1-2-3-4-5-6-7-8-12(9,10)11;;/h2-8H2,1H3,(H,9,10,11);;1H2. The third-order valence-corrected chi connectivity index (χ3v) is 2.56. The molecule has 0 heterocycles. The molecule has 0 aromatic carbocycles. The topological polar surface area (TPSA) is 85.9 Å². The Labute approximate surface area is 102 Å². The predicted octanol–water partition coefficient (Wildman–Crippen LogP) is 1.41. The summed E-state index contributed by atoms with van der Waals surface area (Å²) in [4.78, 5) is 0. The van der Waals surface area contributed by atoms with Crippen molar-refractivity contribution >= 4 is 10.1 Å². The summed E-state index contributed by atoms with van der Waals surface area (Å²) >= 11 is 0. The van der Waals surface area contributed by atoms with Gasteiger partial charge in [0.25, 0.3) is 10.1 Å². The van der Waals surface area contributed by atoms with Crippen LogP contribution in [0.2, 0.25) is 0 Å². The van der Waals surface area contributed by atoms with E-state index in [-0.39, 0.29) is 33.6 Å². The SMILES string of the molecule is CCCCCCCCS(=O)(=O)O.O.[Ag]. The zero-order valence-electron chi connectivity index (χ0n) is 8.42. The Bertz CT molecular complexity index is 192. The maximum absolute atomic E-state index is 10.3. The van der Waals surface area contributed by atoms with Gasteiger partial charge in [-0.3, -0.25) is 4.55 Å². The van der Waals surface area contributed by atoms with E-state index in [0.29, 0.717) is 6.42 Å². The van der Waals surface area contributed by atoms with Gasteiger partial charge in [-0.25, -0.2) is 0 Å². The molecule has 0 saturated heterocycles. The summed E-state index contributed by atoms with van der Waals surface area (Å²) in [6, 6.07) is 0. The molecule has 0 atom stereocenters. The molecule has 93 valence electrons. The molecule has 0 fully saturated rings. The fraction of sp³-hybridized carbons (Fsp3) is 1.00. The molecule has 0 aliphatic rings. The molecule has 0 unspecified atom stereocenters. The van der Waals surface area contributed by atoms with Crippen LogP contribution in [-0.4, -0.2) is 24.2 Å². The van der Waals surface area contributed by atoms with Crippen molar-refractivity contribution in [3.8, 4) is 0 Å². The molecular formula is C8H20AgO4S. The quantitative estimate of drug-likeness (QED) is 0.437. The van der Waals surface area contributed by atoms with Gasteiger partial charge in [-0.05, 0) is 6.42 Å². The Morgan fingerprint density at radius 1 is 1.00 bits per heavy atom. The van der Waals surface area contributed by atoms with Gasteiger partial charge in [0.15, 0.2) is 0 Å². The Kier molecular flexibility index (Phi) is 16.8. The zero-order valence-corrected chi connectivity index (χ0v) is 10.7. The second-order valence-electron chi connectivity index (χ2n) is 3.05. The summed E-state index contributed by atoms with van der Waals surface area (Å²) in [5.74, 6) is -0.0842. The second-order valence-corrected chi connectivity index (χ2v) is 4.63. The fourth-order valence-electron chi connectivity index (χ4n) is 1.06. The van der Waals surface area contributed by atoms with Crippen LogP contribution < -0.4 is 0 Å². The number of rotatable bonds is 7. The van der Waals surface area contributed by atoms with E-state index in [9.17, 15) is 8.42 Å². The van der Waals surface area contributed by atoms with E-state index in [1.54, 1.807) is 0 Å². The van der Waals surface area contributed by atoms with Crippen LogP contribution in [0.1, 0.15) is 45.4 Å². The molecule has 0 rings (SSSR count). The van der Waals surface area contributed by atoms with Gasteiger partial charge in [0.2, 0.25) is 0 Å². The molecule has 0 aliphatic carbocycles. The monoisotopic (exact) mass is 319 g/mol. The molecule has 3 N–H and O–H groups in total. The first-order valence-electron chi connectivity index (χ1n) is 4.51. The summed E-state index contributed by atoms with van der Waals surface area (Å²) in [6.45, 7) is 2.14. The van der Waals surface area contributed by atoms with Crippen molar-refractivity contribution in [2.24, 2.45) is 0 Å². The molecule has 4 nitrogen and oxygen atoms in total. The average molecular weight is 320 g/mol. The van der Waals surface area contributed by atoms with Gasteiger partial charge in [0.1, 0.15) is 0 Å². The smallest absolute Gasteiger partial charge is 0.264 e. The molecule has 0 saturated carbocycles. The van der Waals surface area contributed by atoms with Gasteiger partial charge in [0, 0.05) is 22.4 Å². The van der Waals surface area contributed by atoms with Crippen LogP contribution in [0.3, 0.4) is 0 Å². The van der Waals surface area contributed by atoms with E-state index in [1.807, 2.05) is 0 Å². The van der Waals surface area contributed by atoms with Crippen LogP contribution in [0.5, 0.6) is 0 Å². The molecule has 6 heteroatoms. The summed E-state index contributed by atoms with van der Waals surface area (Å²) in [7, 11) is -3.72. The zero-order chi connectivity index (χ0) is 9.45. The van der Waals surface area contributed by atoms with Gasteiger partial charge in [-0.1, -0.05) is 39.0 Å². The molecule has 0 aromatic rings. The van der Waals surface area contributed by atoms with E-state index < -0.39 is 10.1 Å². The third-order valence-electron chi connectivity index (χ3n) is 1.76. The largest absolute Gasteiger partial charge is 0.412 e. The van der Waals surface area contributed by atoms with E-state index >= 15 is 0 Å². The van der Waals surface area contributed by atoms with Gasteiger partial charge in [-0.15, -0.1) is 0 Å². The van der Waals surface area contributed by atoms with Crippen LogP contribution in [-0.2, 0) is 32.5 Å². The van der Waals surface area contributed by atoms with E-state index in [0.717, 1.165) is 12.8 Å². The van der Waals surface area contributed by atoms with Crippen molar-refractivity contribution in [2.45, 2.75) is 45.4 Å². The van der Waals surface area contributed by atoms with Crippen molar-refractivity contribution in [2.75, 3.05) is 5.75 Å². The molecule has 14 heavy (non-hydrogen) atoms. The van der Waals surface area contributed by atoms with Crippen LogP contribution in [0, 0.1) is 0 Å². The first kappa shape index (κ1) is 20.1. The van der Waals surface area contributed by atoms with Crippen molar-refractivity contribution < 1.29 is 40.8 Å². The van der Waals surface area contributed by atoms with E-state index in [2.05, 4.69) is 6.92 Å². The van der Waals surface area contributed by atoms with Crippen molar-refractivity contribution in [3.05, 3.63) is 0 Å². The minimum Gasteiger partial charge on any atom is -0.412 e. The van der Waals surface area contributed by atoms with E-state index in [1.165, 1.54) is 19.3 Å². The molecule has 1 radical (unpaired) electrons. The molecule has 0 spiro atoms. The summed E-state index contributed by atoms with van der Waals surface area (Å²) in [6.07, 6.45) is 6.14. The number of hydrogen-bond acceptors (Lipinski definition) is 2. The molecule has 0 aliphatic heterocycles. The van der Waals surface area contributed by atoms with Crippen LogP contribution in [0.4, 0.5) is 0 Å². The van der Waals surface area contributed by atoms with Crippen LogP contribution in [0.15, 0.2) is 0 Å². The average Bonchev–Trinajstić information content (AvgIpc) is 1.94. The van der Waals surface area contributed by atoms with Gasteiger partial charge < -0.3 is 5.48 Å². The van der Waals surface area contributed by atoms with Crippen molar-refractivity contribution in [3.63, 3.8) is 0 Å². The first-order chi connectivity index (χ1) is 5.56. The van der Waals surface area contributed by atoms with Crippen LogP contribution in [0.25, 0.3) is 0 Å². The maximum Gasteiger partial charge on any atom is 0.264 e. The fourth-order valence-corrected chi connectivity index (χ4v) is 1.63. The maximum atomic E-state index is 10.3. The minimum absolute atomic E-state index is 0. The third kappa shape index (κ3) is 18.4. The second kappa shape index (κ2) is 11.7. The van der Waals surface area contributed by atoms with E-state index in [4.69, 9.17) is 4.55 Å². The molecule has 0 aromatic heterocycles.